The Morgan fingerprint density at radius 2 is 1.94 bits per heavy atom. The van der Waals surface area contributed by atoms with Crippen LogP contribution in [-0.4, -0.2) is 12.1 Å². The van der Waals surface area contributed by atoms with Crippen molar-refractivity contribution in [3.63, 3.8) is 0 Å². The van der Waals surface area contributed by atoms with Gasteiger partial charge in [-0.3, -0.25) is 4.98 Å². The third kappa shape index (κ3) is 2.51. The van der Waals surface area contributed by atoms with Crippen molar-refractivity contribution >= 4 is 5.69 Å². The van der Waals surface area contributed by atoms with Crippen LogP contribution >= 0.6 is 0 Å². The maximum Gasteiger partial charge on any atom is 0.141 e. The van der Waals surface area contributed by atoms with Crippen molar-refractivity contribution in [3.05, 3.63) is 54.4 Å². The van der Waals surface area contributed by atoms with Crippen LogP contribution in [0.4, 0.5) is 5.69 Å². The molecular formula is C13H14N2O. The molecule has 0 unspecified atom stereocenters. The number of aromatic nitrogens is 1. The average molecular weight is 214 g/mol. The largest absolute Gasteiger partial charge is 0.495 e. The van der Waals surface area contributed by atoms with E-state index in [2.05, 4.69) is 10.3 Å². The highest BCUT2D eigenvalue weighted by Gasteiger charge is 2.00. The zero-order valence-electron chi connectivity index (χ0n) is 9.18. The Morgan fingerprint density at radius 1 is 1.12 bits per heavy atom. The first-order chi connectivity index (χ1) is 7.90. The summed E-state index contributed by atoms with van der Waals surface area (Å²) in [7, 11) is 1.67. The van der Waals surface area contributed by atoms with Gasteiger partial charge in [0.15, 0.2) is 0 Å². The van der Waals surface area contributed by atoms with E-state index in [0.717, 1.165) is 17.1 Å². The number of nitrogens with one attached hydrogen (secondary N) is 1. The molecule has 2 rings (SSSR count). The van der Waals surface area contributed by atoms with Crippen LogP contribution in [0, 0.1) is 0 Å². The molecule has 0 aliphatic rings. The predicted octanol–water partition coefficient (Wildman–Crippen LogP) is 2.70. The number of nitrogens with zero attached hydrogens (tertiary/aromatic N) is 1. The highest BCUT2D eigenvalue weighted by molar-refractivity contribution is 5.56. The molecule has 0 fully saturated rings. The van der Waals surface area contributed by atoms with Crippen LogP contribution in [0.25, 0.3) is 0 Å². The molecule has 1 heterocycles. The minimum absolute atomic E-state index is 0.696. The molecule has 0 saturated carbocycles. The van der Waals surface area contributed by atoms with Crippen LogP contribution in [0.3, 0.4) is 0 Å². The van der Waals surface area contributed by atoms with E-state index in [-0.39, 0.29) is 0 Å². The summed E-state index contributed by atoms with van der Waals surface area (Å²) in [5, 5.41) is 3.29. The Balaban J connectivity index is 2.05. The summed E-state index contributed by atoms with van der Waals surface area (Å²) in [5.41, 5.74) is 1.99. The Hall–Kier alpha value is -2.03. The van der Waals surface area contributed by atoms with Gasteiger partial charge in [0.25, 0.3) is 0 Å². The lowest BCUT2D eigenvalue weighted by molar-refractivity contribution is 0.416. The van der Waals surface area contributed by atoms with E-state index in [0.29, 0.717) is 6.54 Å². The molecule has 1 N–H and O–H groups in total. The smallest absolute Gasteiger partial charge is 0.141 e. The minimum Gasteiger partial charge on any atom is -0.495 e. The van der Waals surface area contributed by atoms with Crippen LogP contribution in [-0.2, 0) is 6.54 Å². The number of para-hydroxylation sites is 2. The van der Waals surface area contributed by atoms with E-state index >= 15 is 0 Å². The van der Waals surface area contributed by atoms with Crippen LogP contribution < -0.4 is 10.1 Å². The number of ether oxygens (including phenoxy) is 1. The molecule has 16 heavy (non-hydrogen) atoms. The number of hydrogen-bond donors (Lipinski definition) is 1. The van der Waals surface area contributed by atoms with Gasteiger partial charge in [0.2, 0.25) is 0 Å². The summed E-state index contributed by atoms with van der Waals surface area (Å²) >= 11 is 0. The number of benzene rings is 1. The Kier molecular flexibility index (Phi) is 3.38. The fourth-order valence-electron chi connectivity index (χ4n) is 1.48. The second kappa shape index (κ2) is 5.16. The molecule has 82 valence electrons. The fourth-order valence-corrected chi connectivity index (χ4v) is 1.48. The first-order valence-corrected chi connectivity index (χ1v) is 5.17. The molecule has 0 aliphatic heterocycles. The zero-order valence-corrected chi connectivity index (χ0v) is 9.18. The van der Waals surface area contributed by atoms with E-state index in [4.69, 9.17) is 4.74 Å². The van der Waals surface area contributed by atoms with Crippen molar-refractivity contribution in [1.29, 1.82) is 0 Å². The van der Waals surface area contributed by atoms with Gasteiger partial charge >= 0.3 is 0 Å². The standard InChI is InChI=1S/C13H14N2O/c1-16-13-8-3-2-7-12(13)15-10-11-6-4-5-9-14-11/h2-9,15H,10H2,1H3. The van der Waals surface area contributed by atoms with Crippen LogP contribution in [0.15, 0.2) is 48.7 Å². The van der Waals surface area contributed by atoms with Crippen molar-refractivity contribution in [2.45, 2.75) is 6.54 Å². The summed E-state index contributed by atoms with van der Waals surface area (Å²) in [5.74, 6) is 0.846. The predicted molar refractivity (Wildman–Crippen MR) is 64.6 cm³/mol. The summed E-state index contributed by atoms with van der Waals surface area (Å²) < 4.78 is 5.25. The van der Waals surface area contributed by atoms with Crippen molar-refractivity contribution in [2.24, 2.45) is 0 Å². The second-order valence-electron chi connectivity index (χ2n) is 3.37. The van der Waals surface area contributed by atoms with E-state index in [1.165, 1.54) is 0 Å². The molecule has 0 amide bonds. The summed E-state index contributed by atoms with van der Waals surface area (Å²) in [6.07, 6.45) is 1.79. The summed E-state index contributed by atoms with van der Waals surface area (Å²) in [4.78, 5) is 4.25. The second-order valence-corrected chi connectivity index (χ2v) is 3.37. The van der Waals surface area contributed by atoms with Gasteiger partial charge in [0.05, 0.1) is 25.0 Å². The lowest BCUT2D eigenvalue weighted by Crippen LogP contribution is -2.02. The molecule has 0 atom stereocenters. The fraction of sp³-hybridized carbons (Fsp3) is 0.154. The third-order valence-corrected chi connectivity index (χ3v) is 2.29. The summed E-state index contributed by atoms with van der Waals surface area (Å²) in [6, 6.07) is 13.7. The van der Waals surface area contributed by atoms with Gasteiger partial charge in [-0.1, -0.05) is 18.2 Å². The van der Waals surface area contributed by atoms with Gasteiger partial charge in [0, 0.05) is 6.20 Å². The first kappa shape index (κ1) is 10.5. The van der Waals surface area contributed by atoms with Gasteiger partial charge in [-0.25, -0.2) is 0 Å². The minimum atomic E-state index is 0.696. The molecule has 0 radical (unpaired) electrons. The SMILES string of the molecule is COc1ccccc1NCc1ccccn1. The van der Waals surface area contributed by atoms with Crippen molar-refractivity contribution in [3.8, 4) is 5.75 Å². The van der Waals surface area contributed by atoms with E-state index < -0.39 is 0 Å². The van der Waals surface area contributed by atoms with Crippen molar-refractivity contribution < 1.29 is 4.74 Å². The van der Waals surface area contributed by atoms with Gasteiger partial charge in [0.1, 0.15) is 5.75 Å². The molecule has 1 aromatic heterocycles. The molecule has 0 bridgehead atoms. The van der Waals surface area contributed by atoms with Crippen molar-refractivity contribution in [2.75, 3.05) is 12.4 Å². The molecule has 1 aromatic carbocycles. The Labute approximate surface area is 95.1 Å². The maximum absolute atomic E-state index is 5.25. The van der Waals surface area contributed by atoms with Gasteiger partial charge in [-0.15, -0.1) is 0 Å². The van der Waals surface area contributed by atoms with Gasteiger partial charge < -0.3 is 10.1 Å². The van der Waals surface area contributed by atoms with Crippen LogP contribution in [0.2, 0.25) is 0 Å². The summed E-state index contributed by atoms with van der Waals surface area (Å²) in [6.45, 7) is 0.696. The number of methoxy groups -OCH3 is 1. The quantitative estimate of drug-likeness (QED) is 0.849. The van der Waals surface area contributed by atoms with E-state index in [9.17, 15) is 0 Å². The average Bonchev–Trinajstić information content (AvgIpc) is 2.38. The van der Waals surface area contributed by atoms with Crippen LogP contribution in [0.1, 0.15) is 5.69 Å². The highest BCUT2D eigenvalue weighted by atomic mass is 16.5. The normalized spacial score (nSPS) is 9.81. The number of rotatable bonds is 4. The Bertz CT molecular complexity index is 443. The molecule has 0 spiro atoms. The monoisotopic (exact) mass is 214 g/mol. The molecular weight excluding hydrogens is 200 g/mol. The third-order valence-electron chi connectivity index (χ3n) is 2.29. The molecule has 0 aliphatic carbocycles. The lowest BCUT2D eigenvalue weighted by atomic mass is 10.3. The first-order valence-electron chi connectivity index (χ1n) is 5.17. The van der Waals surface area contributed by atoms with Crippen LogP contribution in [0.5, 0.6) is 5.75 Å². The molecule has 0 saturated heterocycles. The highest BCUT2D eigenvalue weighted by Crippen LogP contribution is 2.23. The number of pyridine rings is 1. The van der Waals surface area contributed by atoms with E-state index in [1.54, 1.807) is 13.3 Å². The Morgan fingerprint density at radius 3 is 2.69 bits per heavy atom. The van der Waals surface area contributed by atoms with Gasteiger partial charge in [-0.05, 0) is 24.3 Å². The zero-order chi connectivity index (χ0) is 11.2. The van der Waals surface area contributed by atoms with Gasteiger partial charge in [-0.2, -0.15) is 0 Å². The molecule has 2 aromatic rings. The van der Waals surface area contributed by atoms with E-state index in [1.807, 2.05) is 42.5 Å². The maximum atomic E-state index is 5.25. The lowest BCUT2D eigenvalue weighted by Gasteiger charge is -2.10. The van der Waals surface area contributed by atoms with Crippen molar-refractivity contribution in [1.82, 2.24) is 4.98 Å². The molecule has 3 heteroatoms. The number of hydrogen-bond acceptors (Lipinski definition) is 3. The number of anilines is 1. The molecule has 3 nitrogen and oxygen atoms in total. The topological polar surface area (TPSA) is 34.1 Å².